The molecule has 1 atom stereocenters. The largest absolute Gasteiger partial charge is 0.378 e. The normalized spacial score (nSPS) is 14.8. The molecule has 3 aromatic carbocycles. The summed E-state index contributed by atoms with van der Waals surface area (Å²) in [4.78, 5) is 14.9. The summed E-state index contributed by atoms with van der Waals surface area (Å²) in [6, 6.07) is 26.6. The van der Waals surface area contributed by atoms with Gasteiger partial charge in [-0.25, -0.2) is 0 Å². The lowest BCUT2D eigenvalue weighted by Gasteiger charge is -2.28. The van der Waals surface area contributed by atoms with Crippen LogP contribution < -0.4 is 15.5 Å². The van der Waals surface area contributed by atoms with Crippen LogP contribution in [0.3, 0.4) is 0 Å². The maximum Gasteiger partial charge on any atom is 0.238 e. The molecule has 2 N–H and O–H groups in total. The van der Waals surface area contributed by atoms with Gasteiger partial charge in [-0.05, 0) is 42.3 Å². The zero-order chi connectivity index (χ0) is 21.5. The average Bonchev–Trinajstić information content (AvgIpc) is 2.82. The lowest BCUT2D eigenvalue weighted by atomic mass is 9.98. The van der Waals surface area contributed by atoms with Crippen LogP contribution in [0.5, 0.6) is 0 Å². The van der Waals surface area contributed by atoms with Crippen LogP contribution in [-0.4, -0.2) is 38.8 Å². The molecular formula is C26H29N3O2. The van der Waals surface area contributed by atoms with E-state index >= 15 is 0 Å². The van der Waals surface area contributed by atoms with Crippen LogP contribution in [0, 0.1) is 6.92 Å². The molecule has 5 heteroatoms. The lowest BCUT2D eigenvalue weighted by Crippen LogP contribution is -2.36. The smallest absolute Gasteiger partial charge is 0.238 e. The van der Waals surface area contributed by atoms with E-state index in [0.717, 1.165) is 48.8 Å². The van der Waals surface area contributed by atoms with Gasteiger partial charge in [0, 0.05) is 24.5 Å². The lowest BCUT2D eigenvalue weighted by molar-refractivity contribution is -0.115. The van der Waals surface area contributed by atoms with Crippen molar-refractivity contribution >= 4 is 17.3 Å². The standard InChI is InChI=1S/C26H29N3O2/c1-20-7-9-22(10-8-20)26(21-5-3-2-4-6-21)27-19-25(30)28-23-11-13-24(14-12-23)29-15-17-31-18-16-29/h2-14,26-27H,15-19H2,1H3,(H,28,30)/t26-/m1/s1. The Morgan fingerprint density at radius 1 is 0.903 bits per heavy atom. The second-order valence-corrected chi connectivity index (χ2v) is 7.83. The van der Waals surface area contributed by atoms with Crippen molar-refractivity contribution in [3.8, 4) is 0 Å². The Hall–Kier alpha value is -3.15. The Bertz CT molecular complexity index is 966. The third-order valence-electron chi connectivity index (χ3n) is 5.54. The van der Waals surface area contributed by atoms with Crippen LogP contribution >= 0.6 is 0 Å². The number of morpholine rings is 1. The summed E-state index contributed by atoms with van der Waals surface area (Å²) in [5.41, 5.74) is 5.45. The van der Waals surface area contributed by atoms with Gasteiger partial charge in [0.05, 0.1) is 25.8 Å². The van der Waals surface area contributed by atoms with Crippen LogP contribution in [0.4, 0.5) is 11.4 Å². The fraction of sp³-hybridized carbons (Fsp3) is 0.269. The van der Waals surface area contributed by atoms with E-state index in [4.69, 9.17) is 4.74 Å². The Morgan fingerprint density at radius 3 is 2.23 bits per heavy atom. The molecule has 0 bridgehead atoms. The molecule has 0 unspecified atom stereocenters. The van der Waals surface area contributed by atoms with Gasteiger partial charge in [0.2, 0.25) is 5.91 Å². The number of nitrogens with one attached hydrogen (secondary N) is 2. The van der Waals surface area contributed by atoms with E-state index in [-0.39, 0.29) is 18.5 Å². The third-order valence-corrected chi connectivity index (χ3v) is 5.54. The topological polar surface area (TPSA) is 53.6 Å². The van der Waals surface area contributed by atoms with Gasteiger partial charge >= 0.3 is 0 Å². The molecular weight excluding hydrogens is 386 g/mol. The first-order valence-electron chi connectivity index (χ1n) is 10.8. The summed E-state index contributed by atoms with van der Waals surface area (Å²) in [5.74, 6) is -0.0628. The van der Waals surface area contributed by atoms with Gasteiger partial charge in [-0.1, -0.05) is 60.2 Å². The molecule has 1 saturated heterocycles. The number of ether oxygens (including phenoxy) is 1. The summed E-state index contributed by atoms with van der Waals surface area (Å²) in [7, 11) is 0. The minimum absolute atomic E-state index is 0.0451. The fourth-order valence-corrected chi connectivity index (χ4v) is 3.81. The Balaban J connectivity index is 1.38. The van der Waals surface area contributed by atoms with Crippen molar-refractivity contribution in [3.05, 3.63) is 95.6 Å². The van der Waals surface area contributed by atoms with E-state index in [9.17, 15) is 4.79 Å². The van der Waals surface area contributed by atoms with E-state index < -0.39 is 0 Å². The number of benzene rings is 3. The molecule has 0 spiro atoms. The molecule has 4 rings (SSSR count). The average molecular weight is 416 g/mol. The van der Waals surface area contributed by atoms with Gasteiger partial charge in [0.15, 0.2) is 0 Å². The van der Waals surface area contributed by atoms with E-state index in [1.54, 1.807) is 0 Å². The number of carbonyl (C=O) groups is 1. The van der Waals surface area contributed by atoms with Gasteiger partial charge in [0.25, 0.3) is 0 Å². The van der Waals surface area contributed by atoms with Crippen molar-refractivity contribution in [2.45, 2.75) is 13.0 Å². The molecule has 3 aromatic rings. The molecule has 160 valence electrons. The second-order valence-electron chi connectivity index (χ2n) is 7.83. The zero-order valence-corrected chi connectivity index (χ0v) is 17.9. The molecule has 31 heavy (non-hydrogen) atoms. The van der Waals surface area contributed by atoms with Gasteiger partial charge in [-0.15, -0.1) is 0 Å². The first-order valence-corrected chi connectivity index (χ1v) is 10.8. The minimum atomic E-state index is -0.0628. The maximum atomic E-state index is 12.6. The van der Waals surface area contributed by atoms with Crippen molar-refractivity contribution in [1.29, 1.82) is 0 Å². The highest BCUT2D eigenvalue weighted by atomic mass is 16.5. The molecule has 1 amide bonds. The summed E-state index contributed by atoms with van der Waals surface area (Å²) < 4.78 is 5.41. The Kier molecular flexibility index (Phi) is 6.97. The molecule has 1 fully saturated rings. The summed E-state index contributed by atoms with van der Waals surface area (Å²) >= 11 is 0. The fourth-order valence-electron chi connectivity index (χ4n) is 3.81. The molecule has 1 aliphatic rings. The minimum Gasteiger partial charge on any atom is -0.378 e. The number of hydrogen-bond donors (Lipinski definition) is 2. The molecule has 0 saturated carbocycles. The van der Waals surface area contributed by atoms with Crippen LogP contribution in [0.15, 0.2) is 78.9 Å². The summed E-state index contributed by atoms with van der Waals surface area (Å²) in [5, 5.41) is 6.42. The van der Waals surface area contributed by atoms with E-state index in [1.165, 1.54) is 5.56 Å². The van der Waals surface area contributed by atoms with Crippen LogP contribution in [-0.2, 0) is 9.53 Å². The number of carbonyl (C=O) groups excluding carboxylic acids is 1. The SMILES string of the molecule is Cc1ccc([C@H](NCC(=O)Nc2ccc(N3CCOCC3)cc2)c2ccccc2)cc1. The summed E-state index contributed by atoms with van der Waals surface area (Å²) in [6.45, 7) is 5.61. The first-order chi connectivity index (χ1) is 15.2. The third kappa shape index (κ3) is 5.72. The first kappa shape index (κ1) is 21.1. The molecule has 1 aliphatic heterocycles. The highest BCUT2D eigenvalue weighted by Gasteiger charge is 2.15. The Morgan fingerprint density at radius 2 is 1.55 bits per heavy atom. The van der Waals surface area contributed by atoms with Crippen molar-refractivity contribution in [3.63, 3.8) is 0 Å². The zero-order valence-electron chi connectivity index (χ0n) is 17.9. The van der Waals surface area contributed by atoms with Crippen molar-refractivity contribution in [2.24, 2.45) is 0 Å². The van der Waals surface area contributed by atoms with Gasteiger partial charge < -0.3 is 15.0 Å². The second kappa shape index (κ2) is 10.2. The predicted octanol–water partition coefficient (Wildman–Crippen LogP) is 4.15. The maximum absolute atomic E-state index is 12.6. The van der Waals surface area contributed by atoms with Crippen LogP contribution in [0.25, 0.3) is 0 Å². The molecule has 0 aliphatic carbocycles. The number of amides is 1. The molecule has 1 heterocycles. The molecule has 0 aromatic heterocycles. The van der Waals surface area contributed by atoms with E-state index in [2.05, 4.69) is 58.9 Å². The van der Waals surface area contributed by atoms with Crippen molar-refractivity contribution in [2.75, 3.05) is 43.1 Å². The monoisotopic (exact) mass is 415 g/mol. The van der Waals surface area contributed by atoms with Gasteiger partial charge in [0.1, 0.15) is 0 Å². The number of rotatable bonds is 7. The van der Waals surface area contributed by atoms with Crippen LogP contribution in [0.2, 0.25) is 0 Å². The van der Waals surface area contributed by atoms with Gasteiger partial charge in [-0.3, -0.25) is 10.1 Å². The highest BCUT2D eigenvalue weighted by molar-refractivity contribution is 5.92. The molecule has 5 nitrogen and oxygen atoms in total. The molecule has 0 radical (unpaired) electrons. The number of nitrogens with zero attached hydrogens (tertiary/aromatic N) is 1. The Labute approximate surface area is 184 Å². The highest BCUT2D eigenvalue weighted by Crippen LogP contribution is 2.23. The quantitative estimate of drug-likeness (QED) is 0.609. The van der Waals surface area contributed by atoms with E-state index in [0.29, 0.717) is 0 Å². The van der Waals surface area contributed by atoms with Crippen molar-refractivity contribution < 1.29 is 9.53 Å². The number of aryl methyl sites for hydroxylation is 1. The number of anilines is 2. The van der Waals surface area contributed by atoms with Gasteiger partial charge in [-0.2, -0.15) is 0 Å². The van der Waals surface area contributed by atoms with E-state index in [1.807, 2.05) is 42.5 Å². The predicted molar refractivity (Wildman–Crippen MR) is 126 cm³/mol. The van der Waals surface area contributed by atoms with Crippen molar-refractivity contribution in [1.82, 2.24) is 5.32 Å². The van der Waals surface area contributed by atoms with Crippen LogP contribution in [0.1, 0.15) is 22.7 Å². The summed E-state index contributed by atoms with van der Waals surface area (Å²) in [6.07, 6.45) is 0. The number of hydrogen-bond acceptors (Lipinski definition) is 4.